The highest BCUT2D eigenvalue weighted by atomic mass is 32.1. The first-order valence-electron chi connectivity index (χ1n) is 5.43. The minimum atomic E-state index is -0.343. The molecule has 0 aromatic carbocycles. The van der Waals surface area contributed by atoms with Crippen molar-refractivity contribution in [3.63, 3.8) is 0 Å². The molecule has 0 N–H and O–H groups in total. The summed E-state index contributed by atoms with van der Waals surface area (Å²) in [5.41, 5.74) is 0.872. The van der Waals surface area contributed by atoms with Crippen molar-refractivity contribution in [2.24, 2.45) is 0 Å². The number of nitrogens with zero attached hydrogens (tertiary/aromatic N) is 1. The SMILES string of the molecule is COC(OC)c1csc(C2CCOCC2)n1. The van der Waals surface area contributed by atoms with Crippen LogP contribution in [0.25, 0.3) is 0 Å². The zero-order valence-corrected chi connectivity index (χ0v) is 10.5. The van der Waals surface area contributed by atoms with Gasteiger partial charge in [0.2, 0.25) is 6.29 Å². The van der Waals surface area contributed by atoms with E-state index >= 15 is 0 Å². The third-order valence-electron chi connectivity index (χ3n) is 2.78. The lowest BCUT2D eigenvalue weighted by molar-refractivity contribution is -0.108. The molecule has 90 valence electrons. The summed E-state index contributed by atoms with van der Waals surface area (Å²) in [6.07, 6.45) is 1.79. The molecule has 16 heavy (non-hydrogen) atoms. The molecule has 0 spiro atoms. The Morgan fingerprint density at radius 1 is 1.38 bits per heavy atom. The molecular formula is C11H17NO3S. The molecule has 2 heterocycles. The van der Waals surface area contributed by atoms with Crippen LogP contribution in [0.15, 0.2) is 5.38 Å². The summed E-state index contributed by atoms with van der Waals surface area (Å²) in [4.78, 5) is 4.59. The van der Waals surface area contributed by atoms with Gasteiger partial charge in [-0.15, -0.1) is 11.3 Å². The molecule has 2 rings (SSSR count). The topological polar surface area (TPSA) is 40.6 Å². The van der Waals surface area contributed by atoms with E-state index in [0.717, 1.165) is 31.7 Å². The Balaban J connectivity index is 2.05. The van der Waals surface area contributed by atoms with Gasteiger partial charge in [-0.05, 0) is 12.8 Å². The van der Waals surface area contributed by atoms with E-state index in [9.17, 15) is 0 Å². The fourth-order valence-corrected chi connectivity index (χ4v) is 2.87. The van der Waals surface area contributed by atoms with E-state index in [0.29, 0.717) is 5.92 Å². The van der Waals surface area contributed by atoms with Crippen molar-refractivity contribution in [1.29, 1.82) is 0 Å². The molecule has 1 saturated heterocycles. The van der Waals surface area contributed by atoms with Crippen LogP contribution in [-0.2, 0) is 14.2 Å². The van der Waals surface area contributed by atoms with E-state index in [1.165, 1.54) is 5.01 Å². The molecule has 4 nitrogen and oxygen atoms in total. The summed E-state index contributed by atoms with van der Waals surface area (Å²) in [5.74, 6) is 0.543. The van der Waals surface area contributed by atoms with Gasteiger partial charge in [0.1, 0.15) is 5.69 Å². The van der Waals surface area contributed by atoms with Crippen LogP contribution in [0, 0.1) is 0 Å². The Kier molecular flexibility index (Phi) is 4.29. The maximum Gasteiger partial charge on any atom is 0.201 e. The fraction of sp³-hybridized carbons (Fsp3) is 0.727. The molecule has 0 atom stereocenters. The molecule has 1 aliphatic heterocycles. The number of hydrogen-bond acceptors (Lipinski definition) is 5. The average molecular weight is 243 g/mol. The van der Waals surface area contributed by atoms with Crippen LogP contribution in [0.4, 0.5) is 0 Å². The van der Waals surface area contributed by atoms with Gasteiger partial charge in [-0.2, -0.15) is 0 Å². The molecule has 1 aliphatic rings. The maximum absolute atomic E-state index is 5.35. The van der Waals surface area contributed by atoms with Crippen LogP contribution >= 0.6 is 11.3 Å². The van der Waals surface area contributed by atoms with Crippen molar-refractivity contribution in [2.75, 3.05) is 27.4 Å². The molecule has 0 amide bonds. The average Bonchev–Trinajstić information content (AvgIpc) is 2.81. The Morgan fingerprint density at radius 3 is 2.69 bits per heavy atom. The summed E-state index contributed by atoms with van der Waals surface area (Å²) in [7, 11) is 3.25. The van der Waals surface area contributed by atoms with Crippen molar-refractivity contribution < 1.29 is 14.2 Å². The monoisotopic (exact) mass is 243 g/mol. The molecular weight excluding hydrogens is 226 g/mol. The summed E-state index contributed by atoms with van der Waals surface area (Å²) in [5, 5.41) is 3.19. The van der Waals surface area contributed by atoms with Gasteiger partial charge in [0, 0.05) is 38.7 Å². The highest BCUT2D eigenvalue weighted by molar-refractivity contribution is 7.09. The highest BCUT2D eigenvalue weighted by Crippen LogP contribution is 2.31. The quantitative estimate of drug-likeness (QED) is 0.761. The van der Waals surface area contributed by atoms with Crippen molar-refractivity contribution in [1.82, 2.24) is 4.98 Å². The first-order chi connectivity index (χ1) is 7.85. The van der Waals surface area contributed by atoms with Crippen LogP contribution in [0.3, 0.4) is 0 Å². The Hall–Kier alpha value is -0.490. The predicted octanol–water partition coefficient (Wildman–Crippen LogP) is 2.33. The smallest absolute Gasteiger partial charge is 0.201 e. The van der Waals surface area contributed by atoms with Gasteiger partial charge in [0.15, 0.2) is 0 Å². The molecule has 1 fully saturated rings. The second kappa shape index (κ2) is 5.72. The molecule has 1 aromatic heterocycles. The molecule has 0 aliphatic carbocycles. The fourth-order valence-electron chi connectivity index (χ4n) is 1.88. The van der Waals surface area contributed by atoms with E-state index in [-0.39, 0.29) is 6.29 Å². The molecule has 0 radical (unpaired) electrons. The lowest BCUT2D eigenvalue weighted by Crippen LogP contribution is -2.14. The third kappa shape index (κ3) is 2.60. The summed E-state index contributed by atoms with van der Waals surface area (Å²) in [6.45, 7) is 1.69. The van der Waals surface area contributed by atoms with Crippen LogP contribution in [-0.4, -0.2) is 32.4 Å². The third-order valence-corrected chi connectivity index (χ3v) is 3.81. The molecule has 0 bridgehead atoms. The number of ether oxygens (including phenoxy) is 3. The van der Waals surface area contributed by atoms with Gasteiger partial charge in [0.25, 0.3) is 0 Å². The molecule has 1 aromatic rings. The Morgan fingerprint density at radius 2 is 2.06 bits per heavy atom. The van der Waals surface area contributed by atoms with Crippen molar-refractivity contribution in [3.8, 4) is 0 Å². The standard InChI is InChI=1S/C11H17NO3S/c1-13-11(14-2)9-7-16-10(12-9)8-3-5-15-6-4-8/h7-8,11H,3-6H2,1-2H3. The lowest BCUT2D eigenvalue weighted by atomic mass is 10.0. The number of methoxy groups -OCH3 is 2. The Labute approximate surface area is 99.5 Å². The second-order valence-electron chi connectivity index (χ2n) is 3.80. The number of thiazole rings is 1. The number of hydrogen-bond donors (Lipinski definition) is 0. The minimum Gasteiger partial charge on any atom is -0.381 e. The molecule has 5 heteroatoms. The first-order valence-corrected chi connectivity index (χ1v) is 6.31. The van der Waals surface area contributed by atoms with Crippen molar-refractivity contribution in [3.05, 3.63) is 16.1 Å². The van der Waals surface area contributed by atoms with E-state index in [1.54, 1.807) is 25.6 Å². The van der Waals surface area contributed by atoms with Crippen LogP contribution in [0.2, 0.25) is 0 Å². The van der Waals surface area contributed by atoms with Gasteiger partial charge in [-0.1, -0.05) is 0 Å². The van der Waals surface area contributed by atoms with E-state index in [2.05, 4.69) is 4.98 Å². The minimum absolute atomic E-state index is 0.343. The van der Waals surface area contributed by atoms with Crippen LogP contribution < -0.4 is 0 Å². The van der Waals surface area contributed by atoms with Crippen molar-refractivity contribution >= 4 is 11.3 Å². The summed E-state index contributed by atoms with van der Waals surface area (Å²) >= 11 is 1.69. The van der Waals surface area contributed by atoms with Gasteiger partial charge in [-0.3, -0.25) is 0 Å². The molecule has 0 saturated carbocycles. The zero-order valence-electron chi connectivity index (χ0n) is 9.64. The van der Waals surface area contributed by atoms with Crippen LogP contribution in [0.5, 0.6) is 0 Å². The summed E-state index contributed by atoms with van der Waals surface area (Å²) < 4.78 is 15.7. The predicted molar refractivity (Wildman–Crippen MR) is 61.7 cm³/mol. The zero-order chi connectivity index (χ0) is 11.4. The summed E-state index contributed by atoms with van der Waals surface area (Å²) in [6, 6.07) is 0. The van der Waals surface area contributed by atoms with Gasteiger partial charge in [-0.25, -0.2) is 4.98 Å². The van der Waals surface area contributed by atoms with Gasteiger partial charge in [0.05, 0.1) is 5.01 Å². The van der Waals surface area contributed by atoms with Gasteiger partial charge >= 0.3 is 0 Å². The maximum atomic E-state index is 5.35. The molecule has 0 unspecified atom stereocenters. The number of aromatic nitrogens is 1. The number of rotatable bonds is 4. The Bertz CT molecular complexity index is 319. The first kappa shape index (κ1) is 12.0. The highest BCUT2D eigenvalue weighted by Gasteiger charge is 2.21. The lowest BCUT2D eigenvalue weighted by Gasteiger charge is -2.19. The van der Waals surface area contributed by atoms with E-state index < -0.39 is 0 Å². The van der Waals surface area contributed by atoms with Gasteiger partial charge < -0.3 is 14.2 Å². The normalized spacial score (nSPS) is 18.2. The van der Waals surface area contributed by atoms with Crippen molar-refractivity contribution in [2.45, 2.75) is 25.0 Å². The van der Waals surface area contributed by atoms with E-state index in [4.69, 9.17) is 14.2 Å². The second-order valence-corrected chi connectivity index (χ2v) is 4.69. The van der Waals surface area contributed by atoms with Crippen LogP contribution in [0.1, 0.15) is 35.8 Å². The van der Waals surface area contributed by atoms with E-state index in [1.807, 2.05) is 5.38 Å². The largest absolute Gasteiger partial charge is 0.381 e.